The van der Waals surface area contributed by atoms with E-state index in [1.807, 2.05) is 61.5 Å². The third-order valence-corrected chi connectivity index (χ3v) is 7.85. The molecule has 1 aliphatic carbocycles. The van der Waals surface area contributed by atoms with Crippen molar-refractivity contribution >= 4 is 34.4 Å². The number of likely N-dealkylation sites (tertiary alicyclic amines) is 1. The SMILES string of the molecule is Cc1ccc(-n2nc(C3(C)CC3)cc2NC(=O)Nc2cnc(OC3CCN(C(=O)O)CC3)c3ccccc23)cc1. The van der Waals surface area contributed by atoms with Crippen LogP contribution in [0.3, 0.4) is 0 Å². The largest absolute Gasteiger partial charge is 0.474 e. The smallest absolute Gasteiger partial charge is 0.407 e. The molecule has 3 heterocycles. The van der Waals surface area contributed by atoms with E-state index in [4.69, 9.17) is 9.84 Å². The number of rotatable bonds is 6. The van der Waals surface area contributed by atoms with Crippen molar-refractivity contribution in [3.05, 3.63) is 72.1 Å². The number of amides is 3. The Kier molecular flexibility index (Phi) is 6.53. The van der Waals surface area contributed by atoms with Crippen LogP contribution in [-0.4, -0.2) is 56.1 Å². The Balaban J connectivity index is 1.21. The van der Waals surface area contributed by atoms with Gasteiger partial charge < -0.3 is 20.1 Å². The minimum Gasteiger partial charge on any atom is -0.474 e. The maximum Gasteiger partial charge on any atom is 0.407 e. The first-order chi connectivity index (χ1) is 19.3. The maximum absolute atomic E-state index is 13.3. The summed E-state index contributed by atoms with van der Waals surface area (Å²) in [5.41, 5.74) is 3.58. The number of aromatic nitrogens is 3. The highest BCUT2D eigenvalue weighted by Gasteiger charge is 2.42. The van der Waals surface area contributed by atoms with E-state index in [9.17, 15) is 14.7 Å². The van der Waals surface area contributed by atoms with Gasteiger partial charge in [0, 0.05) is 48.2 Å². The highest BCUT2D eigenvalue weighted by atomic mass is 16.5. The van der Waals surface area contributed by atoms with Crippen molar-refractivity contribution in [3.8, 4) is 11.6 Å². The van der Waals surface area contributed by atoms with Gasteiger partial charge >= 0.3 is 12.1 Å². The number of nitrogens with one attached hydrogen (secondary N) is 2. The van der Waals surface area contributed by atoms with E-state index < -0.39 is 12.1 Å². The molecule has 2 fully saturated rings. The Bertz CT molecular complexity index is 1570. The standard InChI is InChI=1S/C30H32N6O4/c1-19-7-9-20(10-8-19)36-26(17-25(34-36)30(2)13-14-30)33-28(37)32-24-18-31-27(23-6-4-3-5-22(23)24)40-21-11-15-35(16-12-21)29(38)39/h3-10,17-18,21H,11-16H2,1-2H3,(H,38,39)(H2,32,33,37). The van der Waals surface area contributed by atoms with Crippen molar-refractivity contribution < 1.29 is 19.4 Å². The van der Waals surface area contributed by atoms with Gasteiger partial charge in [-0.25, -0.2) is 19.3 Å². The number of aryl methyl sites for hydroxylation is 1. The normalized spacial score (nSPS) is 16.5. The van der Waals surface area contributed by atoms with Gasteiger partial charge in [-0.05, 0) is 38.0 Å². The number of carbonyl (C=O) groups excluding carboxylic acids is 1. The topological polar surface area (TPSA) is 122 Å². The maximum atomic E-state index is 13.3. The number of anilines is 2. The molecular weight excluding hydrogens is 508 g/mol. The summed E-state index contributed by atoms with van der Waals surface area (Å²) in [6.45, 7) is 5.08. The molecule has 206 valence electrons. The van der Waals surface area contributed by atoms with Gasteiger partial charge in [0.1, 0.15) is 11.9 Å². The van der Waals surface area contributed by atoms with Crippen LogP contribution in [0.2, 0.25) is 0 Å². The number of hydrogen-bond acceptors (Lipinski definition) is 5. The Hall–Kier alpha value is -4.60. The molecule has 1 aliphatic heterocycles. The first-order valence-electron chi connectivity index (χ1n) is 13.6. The highest BCUT2D eigenvalue weighted by molar-refractivity contribution is 6.06. The van der Waals surface area contributed by atoms with Gasteiger partial charge in [-0.3, -0.25) is 5.32 Å². The zero-order chi connectivity index (χ0) is 27.9. The van der Waals surface area contributed by atoms with Crippen LogP contribution in [-0.2, 0) is 5.41 Å². The van der Waals surface area contributed by atoms with Gasteiger partial charge in [-0.15, -0.1) is 0 Å². The summed E-state index contributed by atoms with van der Waals surface area (Å²) in [6, 6.07) is 17.2. The molecule has 2 aliphatic rings. The molecule has 3 N–H and O–H groups in total. The fourth-order valence-corrected chi connectivity index (χ4v) is 5.04. The first-order valence-corrected chi connectivity index (χ1v) is 13.6. The van der Waals surface area contributed by atoms with Crippen molar-refractivity contribution in [1.82, 2.24) is 19.7 Å². The average Bonchev–Trinajstić information content (AvgIpc) is 3.57. The average molecular weight is 541 g/mol. The highest BCUT2D eigenvalue weighted by Crippen LogP contribution is 2.47. The second-order valence-corrected chi connectivity index (χ2v) is 10.9. The number of urea groups is 1. The number of benzene rings is 2. The Labute approximate surface area is 232 Å². The summed E-state index contributed by atoms with van der Waals surface area (Å²) in [6.07, 6.45) is 3.91. The number of fused-ring (bicyclic) bond motifs is 1. The van der Waals surface area contributed by atoms with E-state index in [2.05, 4.69) is 22.5 Å². The van der Waals surface area contributed by atoms with Gasteiger partial charge in [0.2, 0.25) is 5.88 Å². The predicted octanol–water partition coefficient (Wildman–Crippen LogP) is 5.95. The molecule has 0 atom stereocenters. The zero-order valence-electron chi connectivity index (χ0n) is 22.6. The van der Waals surface area contributed by atoms with Crippen LogP contribution in [0.25, 0.3) is 16.5 Å². The molecule has 0 radical (unpaired) electrons. The van der Waals surface area contributed by atoms with Crippen molar-refractivity contribution in [2.24, 2.45) is 0 Å². The molecule has 2 aromatic heterocycles. The van der Waals surface area contributed by atoms with Crippen molar-refractivity contribution in [3.63, 3.8) is 0 Å². The van der Waals surface area contributed by atoms with E-state index in [0.29, 0.717) is 43.3 Å². The van der Waals surface area contributed by atoms with Crippen LogP contribution in [0.4, 0.5) is 21.1 Å². The molecule has 3 amide bonds. The summed E-state index contributed by atoms with van der Waals surface area (Å²) in [7, 11) is 0. The number of nitrogens with zero attached hydrogens (tertiary/aromatic N) is 4. The second-order valence-electron chi connectivity index (χ2n) is 10.9. The molecule has 2 aromatic carbocycles. The van der Waals surface area contributed by atoms with E-state index in [0.717, 1.165) is 40.6 Å². The van der Waals surface area contributed by atoms with Gasteiger partial charge in [0.15, 0.2) is 0 Å². The fourth-order valence-electron chi connectivity index (χ4n) is 5.04. The lowest BCUT2D eigenvalue weighted by atomic mass is 10.1. The van der Waals surface area contributed by atoms with Gasteiger partial charge in [0.25, 0.3) is 0 Å². The number of ether oxygens (including phenoxy) is 1. The van der Waals surface area contributed by atoms with Gasteiger partial charge in [0.05, 0.1) is 23.3 Å². The molecule has 0 unspecified atom stereocenters. The number of piperidine rings is 1. The van der Waals surface area contributed by atoms with Crippen LogP contribution in [0.5, 0.6) is 5.88 Å². The molecule has 0 spiro atoms. The number of carboxylic acid groups (broad SMARTS) is 1. The van der Waals surface area contributed by atoms with Crippen LogP contribution in [0, 0.1) is 6.92 Å². The van der Waals surface area contributed by atoms with Crippen LogP contribution in [0.1, 0.15) is 43.9 Å². The number of hydrogen-bond donors (Lipinski definition) is 3. The molecule has 4 aromatic rings. The molecular formula is C30H32N6O4. The van der Waals surface area contributed by atoms with E-state index >= 15 is 0 Å². The predicted molar refractivity (Wildman–Crippen MR) is 153 cm³/mol. The Morgan fingerprint density at radius 3 is 2.40 bits per heavy atom. The molecule has 1 saturated heterocycles. The van der Waals surface area contributed by atoms with Crippen LogP contribution >= 0.6 is 0 Å². The molecule has 40 heavy (non-hydrogen) atoms. The summed E-state index contributed by atoms with van der Waals surface area (Å²) < 4.78 is 7.97. The molecule has 0 bridgehead atoms. The van der Waals surface area contributed by atoms with Crippen LogP contribution in [0.15, 0.2) is 60.8 Å². The number of pyridine rings is 1. The third kappa shape index (κ3) is 5.16. The van der Waals surface area contributed by atoms with E-state index in [1.165, 1.54) is 4.90 Å². The fraction of sp³-hybridized carbons (Fsp3) is 0.333. The van der Waals surface area contributed by atoms with Crippen molar-refractivity contribution in [2.45, 2.75) is 51.0 Å². The lowest BCUT2D eigenvalue weighted by Crippen LogP contribution is -2.41. The summed E-state index contributed by atoms with van der Waals surface area (Å²) in [5, 5.41) is 21.6. The zero-order valence-corrected chi connectivity index (χ0v) is 22.6. The first kappa shape index (κ1) is 25.7. The lowest BCUT2D eigenvalue weighted by Gasteiger charge is -2.30. The van der Waals surface area contributed by atoms with Gasteiger partial charge in [-0.2, -0.15) is 5.10 Å². The molecule has 10 heteroatoms. The molecule has 1 saturated carbocycles. The summed E-state index contributed by atoms with van der Waals surface area (Å²) >= 11 is 0. The van der Waals surface area contributed by atoms with Crippen molar-refractivity contribution in [2.75, 3.05) is 23.7 Å². The quantitative estimate of drug-likeness (QED) is 0.278. The van der Waals surface area contributed by atoms with Crippen molar-refractivity contribution in [1.29, 1.82) is 0 Å². The minimum absolute atomic E-state index is 0.0447. The van der Waals surface area contributed by atoms with Crippen LogP contribution < -0.4 is 15.4 Å². The molecule has 6 rings (SSSR count). The lowest BCUT2D eigenvalue weighted by molar-refractivity contribution is 0.0880. The molecule has 10 nitrogen and oxygen atoms in total. The summed E-state index contributed by atoms with van der Waals surface area (Å²) in [4.78, 5) is 30.4. The Morgan fingerprint density at radius 1 is 1.02 bits per heavy atom. The van der Waals surface area contributed by atoms with Gasteiger partial charge in [-0.1, -0.05) is 42.8 Å². The second kappa shape index (κ2) is 10.2. The summed E-state index contributed by atoms with van der Waals surface area (Å²) in [5.74, 6) is 1.06. The minimum atomic E-state index is -0.907. The van der Waals surface area contributed by atoms with E-state index in [1.54, 1.807) is 10.9 Å². The number of carbonyl (C=O) groups is 2. The Morgan fingerprint density at radius 2 is 1.73 bits per heavy atom. The monoisotopic (exact) mass is 540 g/mol. The van der Waals surface area contributed by atoms with E-state index in [-0.39, 0.29) is 11.5 Å². The third-order valence-electron chi connectivity index (χ3n) is 7.85.